The smallest absolute Gasteiger partial charge is 0.462 e. The monoisotopic (exact) mass is 1000 g/mol. The number of rotatable bonds is 49. The van der Waals surface area contributed by atoms with E-state index in [4.69, 9.17) is 23.3 Å². The average molecular weight is 1000 g/mol. The maximum atomic E-state index is 12.9. The summed E-state index contributed by atoms with van der Waals surface area (Å²) >= 11 is 0. The van der Waals surface area contributed by atoms with Crippen molar-refractivity contribution in [3.8, 4) is 0 Å². The van der Waals surface area contributed by atoms with E-state index >= 15 is 0 Å². The van der Waals surface area contributed by atoms with Crippen LogP contribution in [0.15, 0.2) is 97.2 Å². The molecule has 0 fully saturated rings. The van der Waals surface area contributed by atoms with E-state index in [1.54, 1.807) is 0 Å². The van der Waals surface area contributed by atoms with Gasteiger partial charge in [0.25, 0.3) is 0 Å². The number of allylic oxidation sites excluding steroid dienone is 16. The molecule has 3 unspecified atom stereocenters. The first-order chi connectivity index (χ1) is 34.2. The number of hydrogen-bond acceptors (Lipinski definition) is 10. The van der Waals surface area contributed by atoms with E-state index < -0.39 is 57.8 Å². The number of aliphatic hydroxyl groups excluding tert-OH is 1. The lowest BCUT2D eigenvalue weighted by Crippen LogP contribution is -2.30. The largest absolute Gasteiger partial charge is 0.472 e. The number of ether oxygens (including phenoxy) is 3. The molecule has 0 aromatic heterocycles. The fourth-order valence-electron chi connectivity index (χ4n) is 6.91. The molecular formula is C58H97O11P. The van der Waals surface area contributed by atoms with Crippen molar-refractivity contribution in [3.63, 3.8) is 0 Å². The molecule has 0 spiro atoms. The normalized spacial score (nSPS) is 14.2. The highest BCUT2D eigenvalue weighted by molar-refractivity contribution is 7.47. The first-order valence-electron chi connectivity index (χ1n) is 27.1. The summed E-state index contributed by atoms with van der Waals surface area (Å²) in [5, 5.41) is 9.78. The van der Waals surface area contributed by atoms with Gasteiger partial charge in [-0.15, -0.1) is 0 Å². The van der Waals surface area contributed by atoms with Gasteiger partial charge < -0.3 is 24.2 Å². The summed E-state index contributed by atoms with van der Waals surface area (Å²) in [5.74, 6) is -1.61. The van der Waals surface area contributed by atoms with Gasteiger partial charge in [0, 0.05) is 19.3 Å². The minimum atomic E-state index is -4.77. The van der Waals surface area contributed by atoms with Crippen LogP contribution in [0.25, 0.3) is 0 Å². The van der Waals surface area contributed by atoms with Crippen molar-refractivity contribution in [1.29, 1.82) is 0 Å². The first-order valence-corrected chi connectivity index (χ1v) is 28.6. The zero-order chi connectivity index (χ0) is 51.3. The van der Waals surface area contributed by atoms with Crippen molar-refractivity contribution in [2.75, 3.05) is 26.4 Å². The molecule has 3 atom stereocenters. The summed E-state index contributed by atoms with van der Waals surface area (Å²) in [4.78, 5) is 48.3. The van der Waals surface area contributed by atoms with E-state index in [1.807, 2.05) is 12.2 Å². The predicted molar refractivity (Wildman–Crippen MR) is 288 cm³/mol. The van der Waals surface area contributed by atoms with Crippen LogP contribution >= 0.6 is 7.82 Å². The molecule has 0 aromatic carbocycles. The molecule has 2 N–H and O–H groups in total. The van der Waals surface area contributed by atoms with Gasteiger partial charge in [-0.05, 0) is 103 Å². The first kappa shape index (κ1) is 66.4. The standard InChI is InChI=1S/C58H97O11P/c1-4-7-10-13-16-19-22-25-26-27-28-31-34-37-40-43-46-49-58(62)69-55(51-65-56(60)47-44-41-38-35-32-29-23-20-17-14-11-8-5-2)53-67-70(63,64)66-52-54(50-59)68-57(61)48-45-42-39-36-33-30-24-21-18-15-12-9-6-3/h8-9,11-12,17-18,20-21,25-26,29-30,32-33,38,41,54-55,59H,4-7,10,13-16,19,22-24,27-28,31,34-37,39-40,42-53H2,1-3H3,(H,63,64)/b11-8-,12-9-,20-17-,21-18-,26-25-,32-29-,33-30-,41-38-. The van der Waals surface area contributed by atoms with E-state index in [9.17, 15) is 28.9 Å². The molecule has 0 heterocycles. The zero-order valence-corrected chi connectivity index (χ0v) is 44.8. The number of carbonyl (C=O) groups excluding carboxylic acids is 3. The van der Waals surface area contributed by atoms with Crippen LogP contribution in [0.3, 0.4) is 0 Å². The lowest BCUT2D eigenvalue weighted by Gasteiger charge is -2.21. The lowest BCUT2D eigenvalue weighted by molar-refractivity contribution is -0.161. The summed E-state index contributed by atoms with van der Waals surface area (Å²) in [5.41, 5.74) is 0. The van der Waals surface area contributed by atoms with E-state index in [-0.39, 0.29) is 25.9 Å². The maximum Gasteiger partial charge on any atom is 0.472 e. The van der Waals surface area contributed by atoms with E-state index in [2.05, 4.69) is 106 Å². The Bertz CT molecular complexity index is 1540. The highest BCUT2D eigenvalue weighted by Gasteiger charge is 2.28. The van der Waals surface area contributed by atoms with E-state index in [0.717, 1.165) is 96.3 Å². The Morgan fingerprint density at radius 3 is 1.23 bits per heavy atom. The van der Waals surface area contributed by atoms with Crippen LogP contribution in [0, 0.1) is 0 Å². The van der Waals surface area contributed by atoms with Crippen molar-refractivity contribution < 1.29 is 52.2 Å². The molecule has 400 valence electrons. The van der Waals surface area contributed by atoms with E-state index in [1.165, 1.54) is 57.8 Å². The third-order valence-corrected chi connectivity index (χ3v) is 11.9. The molecule has 0 amide bonds. The number of hydrogen-bond donors (Lipinski definition) is 2. The van der Waals surface area contributed by atoms with Gasteiger partial charge in [0.2, 0.25) is 0 Å². The Kier molecular flexibility index (Phi) is 49.1. The summed E-state index contributed by atoms with van der Waals surface area (Å²) in [6.45, 7) is 4.27. The second kappa shape index (κ2) is 51.7. The fourth-order valence-corrected chi connectivity index (χ4v) is 7.69. The molecule has 0 aliphatic rings. The molecule has 11 nitrogen and oxygen atoms in total. The number of aliphatic hydroxyl groups is 1. The third kappa shape index (κ3) is 49.4. The van der Waals surface area contributed by atoms with Crippen molar-refractivity contribution >= 4 is 25.7 Å². The topological polar surface area (TPSA) is 155 Å². The number of phosphoric ester groups is 1. The summed E-state index contributed by atoms with van der Waals surface area (Å²) in [7, 11) is -4.77. The quantitative estimate of drug-likeness (QED) is 0.0197. The second-order valence-corrected chi connectivity index (χ2v) is 19.1. The van der Waals surface area contributed by atoms with Gasteiger partial charge in [0.05, 0.1) is 19.8 Å². The molecule has 12 heteroatoms. The highest BCUT2D eigenvalue weighted by Crippen LogP contribution is 2.43. The third-order valence-electron chi connectivity index (χ3n) is 11.0. The molecule has 0 rings (SSSR count). The van der Waals surface area contributed by atoms with Gasteiger partial charge in [-0.25, -0.2) is 4.57 Å². The fraction of sp³-hybridized carbons (Fsp3) is 0.672. The lowest BCUT2D eigenvalue weighted by atomic mass is 10.1. The van der Waals surface area contributed by atoms with Gasteiger partial charge in [0.1, 0.15) is 12.7 Å². The van der Waals surface area contributed by atoms with E-state index in [0.29, 0.717) is 19.3 Å². The molecule has 70 heavy (non-hydrogen) atoms. The molecule has 0 aromatic rings. The van der Waals surface area contributed by atoms with Gasteiger partial charge in [-0.1, -0.05) is 189 Å². The van der Waals surface area contributed by atoms with Crippen LogP contribution < -0.4 is 0 Å². The molecule has 0 radical (unpaired) electrons. The molecule has 0 saturated carbocycles. The van der Waals surface area contributed by atoms with Crippen molar-refractivity contribution in [3.05, 3.63) is 97.2 Å². The number of unbranched alkanes of at least 4 members (excludes halogenated alkanes) is 16. The second-order valence-electron chi connectivity index (χ2n) is 17.6. The average Bonchev–Trinajstić information content (AvgIpc) is 3.35. The summed E-state index contributed by atoms with van der Waals surface area (Å²) in [6, 6.07) is 0. The molecular weight excluding hydrogens is 904 g/mol. The summed E-state index contributed by atoms with van der Waals surface area (Å²) < 4.78 is 39.3. The van der Waals surface area contributed by atoms with Crippen molar-refractivity contribution in [2.45, 2.75) is 226 Å². The number of phosphoric acid groups is 1. The predicted octanol–water partition coefficient (Wildman–Crippen LogP) is 15.7. The highest BCUT2D eigenvalue weighted by atomic mass is 31.2. The van der Waals surface area contributed by atoms with Gasteiger partial charge in [0.15, 0.2) is 6.10 Å². The van der Waals surface area contributed by atoms with Crippen LogP contribution in [0.4, 0.5) is 0 Å². The van der Waals surface area contributed by atoms with Crippen LogP contribution in [0.2, 0.25) is 0 Å². The number of esters is 3. The minimum absolute atomic E-state index is 0.0989. The molecule has 0 aliphatic heterocycles. The number of carbonyl (C=O) groups is 3. The Labute approximate surface area is 425 Å². The van der Waals surface area contributed by atoms with Gasteiger partial charge >= 0.3 is 25.7 Å². The van der Waals surface area contributed by atoms with Gasteiger partial charge in [-0.2, -0.15) is 0 Å². The molecule has 0 bridgehead atoms. The zero-order valence-electron chi connectivity index (χ0n) is 43.9. The SMILES string of the molecule is CC/C=C\C/C=C\C/C=C\C/C=C\CCC(=O)OCC(COP(=O)(O)OCC(CO)OC(=O)CCCCC/C=C\C/C=C\C/C=C\CC)OC(=O)CCCCCCCCC/C=C\CCCCCCCC. The van der Waals surface area contributed by atoms with Crippen molar-refractivity contribution in [1.82, 2.24) is 0 Å². The Morgan fingerprint density at radius 2 is 0.771 bits per heavy atom. The minimum Gasteiger partial charge on any atom is -0.462 e. The summed E-state index contributed by atoms with van der Waals surface area (Å²) in [6.07, 6.45) is 59.7. The van der Waals surface area contributed by atoms with Gasteiger partial charge in [-0.3, -0.25) is 23.4 Å². The van der Waals surface area contributed by atoms with Crippen LogP contribution in [0.1, 0.15) is 213 Å². The van der Waals surface area contributed by atoms with Crippen molar-refractivity contribution in [2.24, 2.45) is 0 Å². The maximum absolute atomic E-state index is 12.9. The van der Waals surface area contributed by atoms with Crippen LogP contribution in [-0.2, 0) is 42.2 Å². The molecule has 0 aliphatic carbocycles. The van der Waals surface area contributed by atoms with Crippen LogP contribution in [-0.4, -0.2) is 66.5 Å². The molecule has 0 saturated heterocycles. The Morgan fingerprint density at radius 1 is 0.414 bits per heavy atom. The Balaban J connectivity index is 4.84. The van der Waals surface area contributed by atoms with Crippen LogP contribution in [0.5, 0.6) is 0 Å². The Hall–Kier alpha value is -3.60.